The van der Waals surface area contributed by atoms with Gasteiger partial charge in [-0.3, -0.25) is 9.89 Å². The summed E-state index contributed by atoms with van der Waals surface area (Å²) in [6, 6.07) is 5.21. The molecule has 0 fully saturated rings. The first-order chi connectivity index (χ1) is 10.1. The number of anilines is 1. The number of rotatable bonds is 3. The third-order valence-electron chi connectivity index (χ3n) is 3.68. The molecule has 0 bridgehead atoms. The molecule has 2 aromatic rings. The highest BCUT2D eigenvalue weighted by molar-refractivity contribution is 5.94. The van der Waals surface area contributed by atoms with Gasteiger partial charge in [-0.1, -0.05) is 6.07 Å². The van der Waals surface area contributed by atoms with Crippen LogP contribution in [0.5, 0.6) is 11.5 Å². The van der Waals surface area contributed by atoms with Crippen molar-refractivity contribution >= 4 is 11.7 Å². The topological polar surface area (TPSA) is 87.2 Å². The van der Waals surface area contributed by atoms with E-state index in [4.69, 9.17) is 4.74 Å². The zero-order valence-corrected chi connectivity index (χ0v) is 11.9. The van der Waals surface area contributed by atoms with Crippen LogP contribution in [0, 0.1) is 6.92 Å². The second-order valence-corrected chi connectivity index (χ2v) is 5.08. The van der Waals surface area contributed by atoms with Gasteiger partial charge in [0.2, 0.25) is 5.91 Å². The molecule has 6 heteroatoms. The zero-order valence-electron chi connectivity index (χ0n) is 11.9. The Labute approximate surface area is 122 Å². The quantitative estimate of drug-likeness (QED) is 0.808. The molecule has 3 N–H and O–H groups in total. The van der Waals surface area contributed by atoms with Crippen LogP contribution in [-0.2, 0) is 4.79 Å². The van der Waals surface area contributed by atoms with Gasteiger partial charge in [-0.15, -0.1) is 0 Å². The zero-order chi connectivity index (χ0) is 15.0. The minimum atomic E-state index is -0.0905. The van der Waals surface area contributed by atoms with Crippen molar-refractivity contribution < 1.29 is 14.6 Å². The van der Waals surface area contributed by atoms with Gasteiger partial charge in [0.05, 0.1) is 6.61 Å². The summed E-state index contributed by atoms with van der Waals surface area (Å²) < 4.78 is 5.42. The molecule has 1 aliphatic rings. The standard InChI is InChI=1S/C15H17N3O3/c1-3-21-12-6-9(4-5-11(12)19)10-7-13(20)16-15-14(10)8(2)17-18-15/h4-6,10,19H,3,7H2,1-2H3,(H2,16,17,18,20). The lowest BCUT2D eigenvalue weighted by Crippen LogP contribution is -2.23. The second-order valence-electron chi connectivity index (χ2n) is 5.08. The average Bonchev–Trinajstić information content (AvgIpc) is 2.82. The number of carbonyl (C=O) groups is 1. The van der Waals surface area contributed by atoms with Gasteiger partial charge in [0.15, 0.2) is 17.3 Å². The lowest BCUT2D eigenvalue weighted by atomic mass is 9.85. The van der Waals surface area contributed by atoms with E-state index in [0.29, 0.717) is 24.6 Å². The Bertz CT molecular complexity index is 693. The minimum absolute atomic E-state index is 0.0648. The maximum Gasteiger partial charge on any atom is 0.226 e. The van der Waals surface area contributed by atoms with Crippen LogP contribution in [0.1, 0.15) is 36.1 Å². The number of aromatic amines is 1. The Hall–Kier alpha value is -2.50. The number of H-pyrrole nitrogens is 1. The fourth-order valence-corrected chi connectivity index (χ4v) is 2.73. The molecule has 0 spiro atoms. The smallest absolute Gasteiger partial charge is 0.226 e. The summed E-state index contributed by atoms with van der Waals surface area (Å²) in [5.41, 5.74) is 2.85. The highest BCUT2D eigenvalue weighted by Gasteiger charge is 2.30. The number of fused-ring (bicyclic) bond motifs is 1. The summed E-state index contributed by atoms with van der Waals surface area (Å²) in [6.45, 7) is 4.26. The molecule has 0 saturated carbocycles. The molecule has 0 radical (unpaired) electrons. The third-order valence-corrected chi connectivity index (χ3v) is 3.68. The molecule has 1 unspecified atom stereocenters. The van der Waals surface area contributed by atoms with Gasteiger partial charge in [-0.2, -0.15) is 5.10 Å². The fraction of sp³-hybridized carbons (Fsp3) is 0.333. The Balaban J connectivity index is 2.06. The van der Waals surface area contributed by atoms with Crippen molar-refractivity contribution in [2.75, 3.05) is 11.9 Å². The number of nitrogens with one attached hydrogen (secondary N) is 2. The van der Waals surface area contributed by atoms with Gasteiger partial charge in [0, 0.05) is 23.6 Å². The summed E-state index contributed by atoms with van der Waals surface area (Å²) in [6.07, 6.45) is 0.351. The van der Waals surface area contributed by atoms with Crippen LogP contribution in [0.25, 0.3) is 0 Å². The second kappa shape index (κ2) is 5.12. The van der Waals surface area contributed by atoms with Crippen molar-refractivity contribution in [2.45, 2.75) is 26.2 Å². The predicted molar refractivity (Wildman–Crippen MR) is 77.7 cm³/mol. The van der Waals surface area contributed by atoms with Crippen molar-refractivity contribution in [3.63, 3.8) is 0 Å². The number of hydrogen-bond donors (Lipinski definition) is 3. The number of phenols is 1. The summed E-state index contributed by atoms with van der Waals surface area (Å²) in [5.74, 6) is 0.964. The number of hydrogen-bond acceptors (Lipinski definition) is 4. The number of phenolic OH excluding ortho intramolecular Hbond substituents is 1. The third kappa shape index (κ3) is 2.33. The van der Waals surface area contributed by atoms with Gasteiger partial charge < -0.3 is 15.2 Å². The van der Waals surface area contributed by atoms with Gasteiger partial charge in [-0.25, -0.2) is 0 Å². The molecule has 110 valence electrons. The number of amides is 1. The van der Waals surface area contributed by atoms with E-state index in [1.54, 1.807) is 12.1 Å². The largest absolute Gasteiger partial charge is 0.504 e. The molecular weight excluding hydrogens is 270 g/mol. The van der Waals surface area contributed by atoms with Crippen molar-refractivity contribution in [3.8, 4) is 11.5 Å². The molecule has 1 aliphatic heterocycles. The lowest BCUT2D eigenvalue weighted by molar-refractivity contribution is -0.116. The first-order valence-electron chi connectivity index (χ1n) is 6.90. The monoisotopic (exact) mass is 287 g/mol. The Morgan fingerprint density at radius 1 is 1.48 bits per heavy atom. The molecule has 6 nitrogen and oxygen atoms in total. The van der Waals surface area contributed by atoms with Crippen LogP contribution < -0.4 is 10.1 Å². The van der Waals surface area contributed by atoms with Gasteiger partial charge >= 0.3 is 0 Å². The number of aromatic nitrogens is 2. The molecule has 1 atom stereocenters. The summed E-state index contributed by atoms with van der Waals surface area (Å²) in [5, 5.41) is 19.6. The summed E-state index contributed by atoms with van der Waals surface area (Å²) in [7, 11) is 0. The highest BCUT2D eigenvalue weighted by Crippen LogP contribution is 2.40. The van der Waals surface area contributed by atoms with Gasteiger partial charge in [0.1, 0.15) is 0 Å². The number of aryl methyl sites for hydroxylation is 1. The van der Waals surface area contributed by atoms with Crippen LogP contribution in [0.4, 0.5) is 5.82 Å². The van der Waals surface area contributed by atoms with Crippen LogP contribution in [-0.4, -0.2) is 27.8 Å². The maximum atomic E-state index is 11.9. The van der Waals surface area contributed by atoms with E-state index in [1.165, 1.54) is 0 Å². The van der Waals surface area contributed by atoms with Crippen molar-refractivity contribution in [1.82, 2.24) is 10.2 Å². The van der Waals surface area contributed by atoms with E-state index in [1.807, 2.05) is 19.9 Å². The van der Waals surface area contributed by atoms with Gasteiger partial charge in [-0.05, 0) is 31.5 Å². The van der Waals surface area contributed by atoms with Crippen LogP contribution in [0.3, 0.4) is 0 Å². The lowest BCUT2D eigenvalue weighted by Gasteiger charge is -2.23. The number of carbonyl (C=O) groups excluding carboxylic acids is 1. The molecule has 2 heterocycles. The first-order valence-corrected chi connectivity index (χ1v) is 6.90. The molecular formula is C15H17N3O3. The minimum Gasteiger partial charge on any atom is -0.504 e. The van der Waals surface area contributed by atoms with Crippen molar-refractivity contribution in [1.29, 1.82) is 0 Å². The average molecular weight is 287 g/mol. The van der Waals surface area contributed by atoms with E-state index in [-0.39, 0.29) is 17.6 Å². The molecule has 1 amide bonds. The number of aromatic hydroxyl groups is 1. The fourth-order valence-electron chi connectivity index (χ4n) is 2.73. The Kier molecular flexibility index (Phi) is 3.29. The predicted octanol–water partition coefficient (Wildman–Crippen LogP) is 2.30. The summed E-state index contributed by atoms with van der Waals surface area (Å²) in [4.78, 5) is 11.9. The van der Waals surface area contributed by atoms with Crippen LogP contribution >= 0.6 is 0 Å². The molecule has 0 saturated heterocycles. The maximum absolute atomic E-state index is 11.9. The van der Waals surface area contributed by atoms with Crippen molar-refractivity contribution in [2.24, 2.45) is 0 Å². The molecule has 1 aromatic carbocycles. The van der Waals surface area contributed by atoms with E-state index < -0.39 is 0 Å². The molecule has 0 aliphatic carbocycles. The highest BCUT2D eigenvalue weighted by atomic mass is 16.5. The van der Waals surface area contributed by atoms with E-state index >= 15 is 0 Å². The Morgan fingerprint density at radius 2 is 2.29 bits per heavy atom. The van der Waals surface area contributed by atoms with E-state index in [9.17, 15) is 9.90 Å². The van der Waals surface area contributed by atoms with Gasteiger partial charge in [0.25, 0.3) is 0 Å². The normalized spacial score (nSPS) is 17.2. The van der Waals surface area contributed by atoms with Crippen LogP contribution in [0.15, 0.2) is 18.2 Å². The van der Waals surface area contributed by atoms with E-state index in [0.717, 1.165) is 16.8 Å². The van der Waals surface area contributed by atoms with E-state index in [2.05, 4.69) is 15.5 Å². The number of ether oxygens (including phenoxy) is 1. The molecule has 3 rings (SSSR count). The number of benzene rings is 1. The van der Waals surface area contributed by atoms with Crippen LogP contribution in [0.2, 0.25) is 0 Å². The Morgan fingerprint density at radius 3 is 3.05 bits per heavy atom. The summed E-state index contributed by atoms with van der Waals surface area (Å²) >= 11 is 0. The molecule has 21 heavy (non-hydrogen) atoms. The molecule has 1 aromatic heterocycles. The SMILES string of the molecule is CCOc1cc(C2CC(=O)Nc3n[nH]c(C)c32)ccc1O. The first kappa shape index (κ1) is 13.5. The van der Waals surface area contributed by atoms with Crippen molar-refractivity contribution in [3.05, 3.63) is 35.0 Å². The number of nitrogens with zero attached hydrogens (tertiary/aromatic N) is 1.